The van der Waals surface area contributed by atoms with Crippen LogP contribution in [0.3, 0.4) is 0 Å². The fourth-order valence-electron chi connectivity index (χ4n) is 4.36. The van der Waals surface area contributed by atoms with Gasteiger partial charge in [-0.05, 0) is 49.2 Å². The second-order valence-corrected chi connectivity index (χ2v) is 8.09. The highest BCUT2D eigenvalue weighted by molar-refractivity contribution is 6.15. The minimum Gasteiger partial charge on any atom is -0.465 e. The number of esters is 1. The molecule has 0 saturated heterocycles. The molecule has 2 aromatic heterocycles. The highest BCUT2D eigenvalue weighted by atomic mass is 19.4. The predicted octanol–water partition coefficient (Wildman–Crippen LogP) is 5.21. The second kappa shape index (κ2) is 8.23. The molecule has 10 heteroatoms. The molecule has 0 aliphatic carbocycles. The van der Waals surface area contributed by atoms with E-state index in [4.69, 9.17) is 9.26 Å². The number of carbonyl (C=O) groups is 2. The van der Waals surface area contributed by atoms with Gasteiger partial charge in [0.15, 0.2) is 0 Å². The maximum Gasteiger partial charge on any atom is 0.417 e. The summed E-state index contributed by atoms with van der Waals surface area (Å²) in [6.45, 7) is 1.97. The molecular formula is C25H18F3N3O4. The Morgan fingerprint density at radius 1 is 1.11 bits per heavy atom. The van der Waals surface area contributed by atoms with Crippen LogP contribution < -0.4 is 4.90 Å². The van der Waals surface area contributed by atoms with Gasteiger partial charge in [0.25, 0.3) is 11.6 Å². The van der Waals surface area contributed by atoms with Crippen LogP contribution in [0.5, 0.6) is 0 Å². The number of carbonyl (C=O) groups excluding carboxylic acids is 2. The number of rotatable bonds is 3. The Morgan fingerprint density at radius 3 is 2.63 bits per heavy atom. The van der Waals surface area contributed by atoms with E-state index in [0.717, 1.165) is 11.6 Å². The molecule has 0 saturated carbocycles. The Morgan fingerprint density at radius 2 is 1.89 bits per heavy atom. The van der Waals surface area contributed by atoms with E-state index in [2.05, 4.69) is 10.1 Å². The quantitative estimate of drug-likeness (QED) is 0.374. The molecule has 4 aromatic rings. The molecule has 1 aliphatic rings. The third-order valence-electron chi connectivity index (χ3n) is 6.00. The van der Waals surface area contributed by atoms with Gasteiger partial charge in [0, 0.05) is 17.8 Å². The maximum atomic E-state index is 13.7. The zero-order valence-electron chi connectivity index (χ0n) is 18.6. The molecule has 3 heterocycles. The lowest BCUT2D eigenvalue weighted by Crippen LogP contribution is -2.29. The largest absolute Gasteiger partial charge is 0.465 e. The summed E-state index contributed by atoms with van der Waals surface area (Å²) in [6.07, 6.45) is -4.10. The average molecular weight is 481 g/mol. The van der Waals surface area contributed by atoms with E-state index in [1.54, 1.807) is 25.1 Å². The van der Waals surface area contributed by atoms with Crippen molar-refractivity contribution in [1.29, 1.82) is 0 Å². The number of alkyl halides is 3. The number of aryl methyl sites for hydroxylation is 1. The van der Waals surface area contributed by atoms with E-state index in [0.29, 0.717) is 35.3 Å². The van der Waals surface area contributed by atoms with Crippen molar-refractivity contribution in [3.8, 4) is 11.3 Å². The molecule has 0 N–H and O–H groups in total. The number of hydrogen-bond acceptors (Lipinski definition) is 6. The summed E-state index contributed by atoms with van der Waals surface area (Å²) in [5.74, 6) is -0.916. The van der Waals surface area contributed by atoms with Gasteiger partial charge in [-0.3, -0.25) is 4.79 Å². The Bertz CT molecular complexity index is 1490. The van der Waals surface area contributed by atoms with Crippen molar-refractivity contribution in [3.05, 3.63) is 76.5 Å². The number of fused-ring (bicyclic) bond motifs is 2. The second-order valence-electron chi connectivity index (χ2n) is 8.09. The predicted molar refractivity (Wildman–Crippen MR) is 120 cm³/mol. The van der Waals surface area contributed by atoms with Gasteiger partial charge in [-0.25, -0.2) is 9.78 Å². The maximum absolute atomic E-state index is 13.7. The number of halogens is 3. The number of ether oxygens (including phenoxy) is 1. The van der Waals surface area contributed by atoms with E-state index in [9.17, 15) is 22.8 Å². The smallest absolute Gasteiger partial charge is 0.417 e. The Labute approximate surface area is 197 Å². The third kappa shape index (κ3) is 3.80. The van der Waals surface area contributed by atoms with Crippen LogP contribution in [0.2, 0.25) is 0 Å². The highest BCUT2D eigenvalue weighted by Crippen LogP contribution is 2.38. The molecule has 7 nitrogen and oxygen atoms in total. The number of aromatic nitrogens is 2. The molecule has 1 amide bonds. The van der Waals surface area contributed by atoms with E-state index >= 15 is 0 Å². The summed E-state index contributed by atoms with van der Waals surface area (Å²) in [4.78, 5) is 31.4. The Hall–Kier alpha value is -4.21. The number of amides is 1. The summed E-state index contributed by atoms with van der Waals surface area (Å²) < 4.78 is 51.0. The molecule has 0 atom stereocenters. The van der Waals surface area contributed by atoms with Gasteiger partial charge >= 0.3 is 12.1 Å². The number of hydrogen-bond donors (Lipinski definition) is 0. The van der Waals surface area contributed by atoms with Crippen LogP contribution in [-0.2, 0) is 17.3 Å². The summed E-state index contributed by atoms with van der Waals surface area (Å²) in [5, 5.41) is 4.21. The fourth-order valence-corrected chi connectivity index (χ4v) is 4.36. The van der Waals surface area contributed by atoms with E-state index in [1.807, 2.05) is 0 Å². The lowest BCUT2D eigenvalue weighted by molar-refractivity contribution is -0.137. The first-order valence-electron chi connectivity index (χ1n) is 10.7. The molecule has 2 aromatic carbocycles. The van der Waals surface area contributed by atoms with Gasteiger partial charge in [0.05, 0.1) is 40.6 Å². The van der Waals surface area contributed by atoms with Crippen LogP contribution in [-0.4, -0.2) is 35.7 Å². The summed E-state index contributed by atoms with van der Waals surface area (Å²) in [5.41, 5.74) is 1.17. The molecule has 0 unspecified atom stereocenters. The Kier molecular flexibility index (Phi) is 5.31. The van der Waals surface area contributed by atoms with Crippen LogP contribution in [0.15, 0.2) is 53.1 Å². The fraction of sp³-hybridized carbons (Fsp3) is 0.200. The standard InChI is InChI=1S/C25H18F3N3O4/c1-13-21-17(23(32)31-10-9-14-11-15(24(33)34-2)7-8-20(14)31)12-19(29-22(21)35-30-13)16-5-3-4-6-18(16)25(26,27)28/h3-8,11-12H,9-10H2,1-2H3. The number of anilines is 1. The van der Waals surface area contributed by atoms with Crippen molar-refractivity contribution < 1.29 is 32.0 Å². The van der Waals surface area contributed by atoms with Crippen molar-refractivity contribution >= 4 is 28.7 Å². The van der Waals surface area contributed by atoms with Crippen LogP contribution in [0, 0.1) is 6.92 Å². The van der Waals surface area contributed by atoms with Crippen LogP contribution in [0.25, 0.3) is 22.4 Å². The van der Waals surface area contributed by atoms with Crippen LogP contribution >= 0.6 is 0 Å². The molecule has 35 heavy (non-hydrogen) atoms. The number of benzene rings is 2. The average Bonchev–Trinajstić information content (AvgIpc) is 3.45. The van der Waals surface area contributed by atoms with Crippen molar-refractivity contribution in [1.82, 2.24) is 10.1 Å². The van der Waals surface area contributed by atoms with Crippen molar-refractivity contribution in [2.45, 2.75) is 19.5 Å². The molecule has 0 fully saturated rings. The summed E-state index contributed by atoms with van der Waals surface area (Å²) >= 11 is 0. The minimum atomic E-state index is -4.61. The number of methoxy groups -OCH3 is 1. The lowest BCUT2D eigenvalue weighted by Gasteiger charge is -2.19. The molecule has 0 radical (unpaired) electrons. The normalized spacial score (nSPS) is 13.2. The zero-order valence-corrected chi connectivity index (χ0v) is 18.6. The summed E-state index contributed by atoms with van der Waals surface area (Å²) in [7, 11) is 1.29. The van der Waals surface area contributed by atoms with Crippen molar-refractivity contribution in [3.63, 3.8) is 0 Å². The van der Waals surface area contributed by atoms with E-state index in [1.165, 1.54) is 36.3 Å². The molecular weight excluding hydrogens is 463 g/mol. The van der Waals surface area contributed by atoms with Gasteiger partial charge in [0.2, 0.25) is 0 Å². The highest BCUT2D eigenvalue weighted by Gasteiger charge is 2.35. The van der Waals surface area contributed by atoms with Gasteiger partial charge in [-0.2, -0.15) is 13.2 Å². The molecule has 5 rings (SSSR count). The SMILES string of the molecule is COC(=O)c1ccc2c(c1)CCN2C(=O)c1cc(-c2ccccc2C(F)(F)F)nc2onc(C)c12. The first kappa shape index (κ1) is 22.6. The minimum absolute atomic E-state index is 0.0270. The first-order chi connectivity index (χ1) is 16.7. The van der Waals surface area contributed by atoms with Crippen molar-refractivity contribution in [2.75, 3.05) is 18.6 Å². The molecule has 1 aliphatic heterocycles. The van der Waals surface area contributed by atoms with Crippen molar-refractivity contribution in [2.24, 2.45) is 0 Å². The number of nitrogens with zero attached hydrogens (tertiary/aromatic N) is 3. The van der Waals surface area contributed by atoms with Gasteiger partial charge in [0.1, 0.15) is 0 Å². The lowest BCUT2D eigenvalue weighted by atomic mass is 10.00. The van der Waals surface area contributed by atoms with Gasteiger partial charge < -0.3 is 14.2 Å². The molecule has 0 spiro atoms. The first-order valence-corrected chi connectivity index (χ1v) is 10.7. The number of pyridine rings is 1. The van der Waals surface area contributed by atoms with Gasteiger partial charge in [-0.1, -0.05) is 23.4 Å². The molecule has 178 valence electrons. The monoisotopic (exact) mass is 481 g/mol. The van der Waals surface area contributed by atoms with Crippen LogP contribution in [0.1, 0.15) is 37.5 Å². The summed E-state index contributed by atoms with van der Waals surface area (Å²) in [6, 6.07) is 11.3. The third-order valence-corrected chi connectivity index (χ3v) is 6.00. The Balaban J connectivity index is 1.63. The van der Waals surface area contributed by atoms with Crippen LogP contribution in [0.4, 0.5) is 18.9 Å². The van der Waals surface area contributed by atoms with Gasteiger partial charge in [-0.15, -0.1) is 0 Å². The zero-order chi connectivity index (χ0) is 24.9. The van der Waals surface area contributed by atoms with E-state index < -0.39 is 23.6 Å². The van der Waals surface area contributed by atoms with E-state index in [-0.39, 0.29) is 22.5 Å². The molecule has 0 bridgehead atoms. The topological polar surface area (TPSA) is 85.5 Å².